The Labute approximate surface area is 152 Å². The number of rotatable bonds is 6. The van der Waals surface area contributed by atoms with Crippen molar-refractivity contribution in [1.82, 2.24) is 9.55 Å². The molecule has 0 spiro atoms. The maximum absolute atomic E-state index is 13.3. The fourth-order valence-corrected chi connectivity index (χ4v) is 3.14. The van der Waals surface area contributed by atoms with E-state index >= 15 is 0 Å². The number of nitrogens with one attached hydrogen (secondary N) is 1. The number of carbonyl (C=O) groups excluding carboxylic acids is 1. The number of hydrogen-bond acceptors (Lipinski definition) is 4. The van der Waals surface area contributed by atoms with Crippen molar-refractivity contribution in [3.8, 4) is 6.07 Å². The van der Waals surface area contributed by atoms with Crippen LogP contribution in [0.1, 0.15) is 65.9 Å². The number of ketones is 1. The van der Waals surface area contributed by atoms with Crippen LogP contribution < -0.4 is 11.2 Å². The van der Waals surface area contributed by atoms with Gasteiger partial charge in [0.25, 0.3) is 5.56 Å². The maximum atomic E-state index is 13.3. The van der Waals surface area contributed by atoms with Crippen LogP contribution in [0.2, 0.25) is 0 Å². The molecule has 1 aromatic heterocycles. The minimum Gasteiger partial charge on any atom is -0.290 e. The van der Waals surface area contributed by atoms with E-state index < -0.39 is 11.2 Å². The zero-order valence-electron chi connectivity index (χ0n) is 15.5. The van der Waals surface area contributed by atoms with Crippen LogP contribution in [-0.4, -0.2) is 15.3 Å². The lowest BCUT2D eigenvalue weighted by Gasteiger charge is -2.16. The van der Waals surface area contributed by atoms with Gasteiger partial charge in [0.15, 0.2) is 0 Å². The van der Waals surface area contributed by atoms with Crippen molar-refractivity contribution in [2.75, 3.05) is 0 Å². The third-order valence-corrected chi connectivity index (χ3v) is 4.27. The summed E-state index contributed by atoms with van der Waals surface area (Å²) in [6.07, 6.45) is 0.907. The van der Waals surface area contributed by atoms with Crippen LogP contribution in [-0.2, 0) is 13.0 Å². The van der Waals surface area contributed by atoms with Gasteiger partial charge in [-0.05, 0) is 43.9 Å². The van der Waals surface area contributed by atoms with Crippen LogP contribution in [0.15, 0.2) is 27.8 Å². The number of aromatic amines is 1. The summed E-state index contributed by atoms with van der Waals surface area (Å²) in [6, 6.07) is 7.51. The molecule has 136 valence electrons. The lowest BCUT2D eigenvalue weighted by atomic mass is 9.94. The molecular weight excluding hydrogens is 330 g/mol. The average molecular weight is 353 g/mol. The van der Waals surface area contributed by atoms with Crippen LogP contribution in [0.3, 0.4) is 0 Å². The first-order valence-electron chi connectivity index (χ1n) is 8.69. The first-order chi connectivity index (χ1) is 12.3. The largest absolute Gasteiger partial charge is 0.328 e. The molecule has 0 bridgehead atoms. The number of nitrogens with zero attached hydrogens (tertiary/aromatic N) is 2. The van der Waals surface area contributed by atoms with Crippen molar-refractivity contribution in [2.24, 2.45) is 0 Å². The van der Waals surface area contributed by atoms with E-state index in [4.69, 9.17) is 5.26 Å². The van der Waals surface area contributed by atoms with E-state index in [-0.39, 0.29) is 23.9 Å². The lowest BCUT2D eigenvalue weighted by molar-refractivity contribution is 0.102. The number of benzene rings is 1. The van der Waals surface area contributed by atoms with Crippen LogP contribution >= 0.6 is 0 Å². The van der Waals surface area contributed by atoms with Crippen LogP contribution in [0.25, 0.3) is 0 Å². The Balaban J connectivity index is 2.71. The predicted octanol–water partition coefficient (Wildman–Crippen LogP) is 2.68. The fraction of sp³-hybridized carbons (Fsp3) is 0.400. The van der Waals surface area contributed by atoms with Crippen molar-refractivity contribution in [3.63, 3.8) is 0 Å². The number of H-pyrrole nitrogens is 1. The molecule has 0 aliphatic heterocycles. The Bertz CT molecular complexity index is 991. The van der Waals surface area contributed by atoms with Gasteiger partial charge in [0.1, 0.15) is 5.69 Å². The minimum atomic E-state index is -0.581. The lowest BCUT2D eigenvalue weighted by Crippen LogP contribution is -2.37. The minimum absolute atomic E-state index is 0.146. The van der Waals surface area contributed by atoms with Crippen molar-refractivity contribution >= 4 is 5.78 Å². The smallest absolute Gasteiger partial charge is 0.290 e. The van der Waals surface area contributed by atoms with Gasteiger partial charge in [-0.15, -0.1) is 0 Å². The summed E-state index contributed by atoms with van der Waals surface area (Å²) >= 11 is 0. The van der Waals surface area contributed by atoms with Gasteiger partial charge in [-0.25, -0.2) is 4.79 Å². The zero-order valence-corrected chi connectivity index (χ0v) is 15.5. The van der Waals surface area contributed by atoms with E-state index in [0.717, 1.165) is 11.1 Å². The van der Waals surface area contributed by atoms with Gasteiger partial charge in [0.05, 0.1) is 6.07 Å². The molecular formula is C20H23N3O3. The SMILES string of the molecule is CCn1c(C(=O)c2cc(C)cc(CCC#N)c2)c(C(C)C)c(=O)[nH]c1=O. The van der Waals surface area contributed by atoms with Crippen LogP contribution in [0.4, 0.5) is 0 Å². The van der Waals surface area contributed by atoms with E-state index in [1.165, 1.54) is 4.57 Å². The summed E-state index contributed by atoms with van der Waals surface area (Å²) in [5, 5.41) is 8.79. The second-order valence-electron chi connectivity index (χ2n) is 6.62. The molecule has 0 unspecified atom stereocenters. The van der Waals surface area contributed by atoms with Crippen molar-refractivity contribution in [1.29, 1.82) is 5.26 Å². The fourth-order valence-electron chi connectivity index (χ4n) is 3.14. The van der Waals surface area contributed by atoms with Crippen molar-refractivity contribution in [2.45, 2.75) is 53.0 Å². The molecule has 6 nitrogen and oxygen atoms in total. The number of nitriles is 1. The number of aromatic nitrogens is 2. The van der Waals surface area contributed by atoms with Gasteiger partial charge < -0.3 is 0 Å². The monoisotopic (exact) mass is 353 g/mol. The summed E-state index contributed by atoms with van der Waals surface area (Å²) < 4.78 is 1.32. The van der Waals surface area contributed by atoms with Crippen LogP contribution in [0, 0.1) is 18.3 Å². The van der Waals surface area contributed by atoms with Gasteiger partial charge in [-0.1, -0.05) is 25.5 Å². The highest BCUT2D eigenvalue weighted by molar-refractivity contribution is 6.09. The summed E-state index contributed by atoms with van der Waals surface area (Å²) in [4.78, 5) is 40.1. The molecule has 1 heterocycles. The Morgan fingerprint density at radius 3 is 2.54 bits per heavy atom. The number of aryl methyl sites for hydroxylation is 2. The highest BCUT2D eigenvalue weighted by Crippen LogP contribution is 2.20. The van der Waals surface area contributed by atoms with Crippen LogP contribution in [0.5, 0.6) is 0 Å². The van der Waals surface area contributed by atoms with E-state index in [2.05, 4.69) is 11.1 Å². The Morgan fingerprint density at radius 1 is 1.27 bits per heavy atom. The van der Waals surface area contributed by atoms with Gasteiger partial charge in [-0.2, -0.15) is 5.26 Å². The summed E-state index contributed by atoms with van der Waals surface area (Å²) in [7, 11) is 0. The third kappa shape index (κ3) is 3.83. The first kappa shape index (κ1) is 19.4. The normalized spacial score (nSPS) is 10.8. The molecule has 0 fully saturated rings. The molecule has 26 heavy (non-hydrogen) atoms. The third-order valence-electron chi connectivity index (χ3n) is 4.27. The number of carbonyl (C=O) groups is 1. The maximum Gasteiger partial charge on any atom is 0.328 e. The van der Waals surface area contributed by atoms with Crippen molar-refractivity contribution in [3.05, 3.63) is 67.0 Å². The topological polar surface area (TPSA) is 95.7 Å². The van der Waals surface area contributed by atoms with E-state index in [0.29, 0.717) is 24.0 Å². The summed E-state index contributed by atoms with van der Waals surface area (Å²) in [6.45, 7) is 7.56. The average Bonchev–Trinajstić information content (AvgIpc) is 2.57. The highest BCUT2D eigenvalue weighted by Gasteiger charge is 2.24. The molecule has 0 atom stereocenters. The van der Waals surface area contributed by atoms with Crippen molar-refractivity contribution < 1.29 is 4.79 Å². The molecule has 0 aliphatic carbocycles. The molecule has 2 rings (SSSR count). The van der Waals surface area contributed by atoms with E-state index in [1.807, 2.05) is 26.8 Å². The Morgan fingerprint density at radius 2 is 1.96 bits per heavy atom. The molecule has 0 aliphatic rings. The molecule has 1 aromatic carbocycles. The first-order valence-corrected chi connectivity index (χ1v) is 8.69. The molecule has 0 radical (unpaired) electrons. The number of hydrogen-bond donors (Lipinski definition) is 1. The second kappa shape index (κ2) is 7.96. The van der Waals surface area contributed by atoms with Gasteiger partial charge >= 0.3 is 5.69 Å². The quantitative estimate of drug-likeness (QED) is 0.808. The standard InChI is InChI=1S/C20H23N3O3/c1-5-23-17(16(12(2)3)19(25)22-20(23)26)18(24)15-10-13(4)9-14(11-15)7-6-8-21/h9-12H,5-7H2,1-4H3,(H,22,25,26). The second-order valence-corrected chi connectivity index (χ2v) is 6.62. The molecule has 1 N–H and O–H groups in total. The Hall–Kier alpha value is -2.94. The van der Waals surface area contributed by atoms with E-state index in [9.17, 15) is 14.4 Å². The summed E-state index contributed by atoms with van der Waals surface area (Å²) in [5.41, 5.74) is 1.57. The highest BCUT2D eigenvalue weighted by atomic mass is 16.2. The van der Waals surface area contributed by atoms with E-state index in [1.54, 1.807) is 19.1 Å². The molecule has 0 saturated heterocycles. The summed E-state index contributed by atoms with van der Waals surface area (Å²) in [5.74, 6) is -0.556. The van der Waals surface area contributed by atoms with Gasteiger partial charge in [0, 0.05) is 24.1 Å². The predicted molar refractivity (Wildman–Crippen MR) is 99.6 cm³/mol. The molecule has 6 heteroatoms. The molecule has 2 aromatic rings. The molecule has 0 saturated carbocycles. The molecule has 0 amide bonds. The zero-order chi connectivity index (χ0) is 19.4. The van der Waals surface area contributed by atoms with Gasteiger partial charge in [-0.3, -0.25) is 19.1 Å². The Kier molecular flexibility index (Phi) is 5.93. The van der Waals surface area contributed by atoms with Gasteiger partial charge in [0.2, 0.25) is 5.78 Å².